The van der Waals surface area contributed by atoms with Gasteiger partial charge in [0.15, 0.2) is 0 Å². The van der Waals surface area contributed by atoms with Gasteiger partial charge in [0.25, 0.3) is 0 Å². The van der Waals surface area contributed by atoms with E-state index in [4.69, 9.17) is 0 Å². The molecule has 2 rings (SSSR count). The Kier molecular flexibility index (Phi) is 6.90. The zero-order valence-corrected chi connectivity index (χ0v) is 13.3. The van der Waals surface area contributed by atoms with Crippen molar-refractivity contribution in [1.29, 1.82) is 0 Å². The molecule has 22 heavy (non-hydrogen) atoms. The molecule has 0 heterocycles. The fraction of sp³-hybridized carbons (Fsp3) is 0.211. The van der Waals surface area contributed by atoms with Crippen molar-refractivity contribution in [1.82, 2.24) is 0 Å². The van der Waals surface area contributed by atoms with E-state index in [2.05, 4.69) is 42.5 Å². The fourth-order valence-corrected chi connectivity index (χ4v) is 1.99. The summed E-state index contributed by atoms with van der Waals surface area (Å²) in [6.07, 6.45) is 2.02. The number of hydrogen-bond donors (Lipinski definition) is 1. The molecule has 0 bridgehead atoms. The van der Waals surface area contributed by atoms with Crippen LogP contribution in [0.5, 0.6) is 5.75 Å². The highest BCUT2D eigenvalue weighted by molar-refractivity contribution is 5.66. The van der Waals surface area contributed by atoms with Crippen LogP contribution >= 0.6 is 0 Å². The van der Waals surface area contributed by atoms with E-state index in [1.165, 1.54) is 23.6 Å². The fourth-order valence-electron chi connectivity index (χ4n) is 1.99. The third-order valence-corrected chi connectivity index (χ3v) is 3.36. The van der Waals surface area contributed by atoms with Crippen LogP contribution in [0.3, 0.4) is 0 Å². The van der Waals surface area contributed by atoms with Crippen LogP contribution < -0.4 is 0 Å². The maximum absolute atomic E-state index is 9.75. The summed E-state index contributed by atoms with van der Waals surface area (Å²) in [7, 11) is 0. The SMILES string of the molecule is C=COC(C)=O.Cc1c(O)ccc(Cc2ccccc2)c1C. The Morgan fingerprint density at radius 3 is 2.27 bits per heavy atom. The smallest absolute Gasteiger partial charge is 0.307 e. The van der Waals surface area contributed by atoms with E-state index in [-0.39, 0.29) is 5.97 Å². The molecule has 0 aliphatic carbocycles. The van der Waals surface area contributed by atoms with Crippen LogP contribution in [0.4, 0.5) is 0 Å². The molecule has 0 spiro atoms. The molecule has 0 aliphatic rings. The molecular formula is C19H22O3. The van der Waals surface area contributed by atoms with Gasteiger partial charge in [-0.3, -0.25) is 4.79 Å². The van der Waals surface area contributed by atoms with E-state index in [0.29, 0.717) is 5.75 Å². The lowest BCUT2D eigenvalue weighted by molar-refractivity contribution is -0.135. The van der Waals surface area contributed by atoms with E-state index in [1.54, 1.807) is 6.07 Å². The largest absolute Gasteiger partial charge is 0.508 e. The van der Waals surface area contributed by atoms with Gasteiger partial charge in [-0.1, -0.05) is 43.0 Å². The van der Waals surface area contributed by atoms with Crippen LogP contribution in [0, 0.1) is 13.8 Å². The van der Waals surface area contributed by atoms with Gasteiger partial charge < -0.3 is 9.84 Å². The van der Waals surface area contributed by atoms with Gasteiger partial charge in [-0.2, -0.15) is 0 Å². The Morgan fingerprint density at radius 2 is 1.77 bits per heavy atom. The number of carbonyl (C=O) groups is 1. The summed E-state index contributed by atoms with van der Waals surface area (Å²) in [4.78, 5) is 9.75. The summed E-state index contributed by atoms with van der Waals surface area (Å²) in [6.45, 7) is 8.50. The van der Waals surface area contributed by atoms with Crippen molar-refractivity contribution >= 4 is 5.97 Å². The summed E-state index contributed by atoms with van der Waals surface area (Å²) >= 11 is 0. The molecule has 0 radical (unpaired) electrons. The zero-order chi connectivity index (χ0) is 16.5. The van der Waals surface area contributed by atoms with Gasteiger partial charge in [0.1, 0.15) is 5.75 Å². The van der Waals surface area contributed by atoms with Crippen molar-refractivity contribution in [2.45, 2.75) is 27.2 Å². The number of ether oxygens (including phenoxy) is 1. The number of carbonyl (C=O) groups excluding carboxylic acids is 1. The van der Waals surface area contributed by atoms with Gasteiger partial charge in [0, 0.05) is 6.92 Å². The molecular weight excluding hydrogens is 276 g/mol. The molecule has 2 aromatic rings. The lowest BCUT2D eigenvalue weighted by Gasteiger charge is -2.10. The number of phenolic OH excluding ortho intramolecular Hbond substituents is 1. The second-order valence-electron chi connectivity index (χ2n) is 4.93. The molecule has 0 fully saturated rings. The van der Waals surface area contributed by atoms with Gasteiger partial charge in [-0.05, 0) is 48.6 Å². The monoisotopic (exact) mass is 298 g/mol. The third kappa shape index (κ3) is 5.44. The first-order chi connectivity index (χ1) is 10.5. The maximum Gasteiger partial charge on any atom is 0.307 e. The number of aromatic hydroxyl groups is 1. The first-order valence-electron chi connectivity index (χ1n) is 7.05. The quantitative estimate of drug-likeness (QED) is 0.679. The Hall–Kier alpha value is -2.55. The van der Waals surface area contributed by atoms with Gasteiger partial charge >= 0.3 is 5.97 Å². The molecule has 0 atom stereocenters. The molecule has 0 aliphatic heterocycles. The molecule has 0 aromatic heterocycles. The van der Waals surface area contributed by atoms with Gasteiger partial charge in [0.05, 0.1) is 6.26 Å². The van der Waals surface area contributed by atoms with E-state index in [0.717, 1.165) is 18.2 Å². The Morgan fingerprint density at radius 1 is 1.14 bits per heavy atom. The molecule has 0 amide bonds. The minimum atomic E-state index is -0.329. The van der Waals surface area contributed by atoms with E-state index < -0.39 is 0 Å². The highest BCUT2D eigenvalue weighted by Gasteiger charge is 2.05. The first-order valence-corrected chi connectivity index (χ1v) is 7.05. The highest BCUT2D eigenvalue weighted by Crippen LogP contribution is 2.24. The first kappa shape index (κ1) is 17.5. The average Bonchev–Trinajstić information content (AvgIpc) is 2.49. The summed E-state index contributed by atoms with van der Waals surface area (Å²) in [6, 6.07) is 14.2. The Labute approximate surface area is 131 Å². The Bertz CT molecular complexity index is 631. The van der Waals surface area contributed by atoms with E-state index in [9.17, 15) is 9.90 Å². The number of esters is 1. The molecule has 116 valence electrons. The van der Waals surface area contributed by atoms with Crippen molar-refractivity contribution in [3.8, 4) is 5.75 Å². The van der Waals surface area contributed by atoms with Crippen LogP contribution in [0.1, 0.15) is 29.2 Å². The molecule has 1 N–H and O–H groups in total. The molecule has 0 saturated carbocycles. The molecule has 3 nitrogen and oxygen atoms in total. The van der Waals surface area contributed by atoms with Crippen molar-refractivity contribution in [3.63, 3.8) is 0 Å². The van der Waals surface area contributed by atoms with Crippen molar-refractivity contribution in [2.24, 2.45) is 0 Å². The zero-order valence-electron chi connectivity index (χ0n) is 13.3. The number of benzene rings is 2. The minimum Gasteiger partial charge on any atom is -0.508 e. The predicted molar refractivity (Wildman–Crippen MR) is 88.8 cm³/mol. The maximum atomic E-state index is 9.75. The standard InChI is InChI=1S/C15H16O.C4H6O2/c1-11-12(2)15(16)9-8-14(11)10-13-6-4-3-5-7-13;1-3-6-4(2)5/h3-9,16H,10H2,1-2H3;3H,1H2,2H3. The van der Waals surface area contributed by atoms with Crippen LogP contribution in [-0.2, 0) is 16.0 Å². The summed E-state index contributed by atoms with van der Waals surface area (Å²) in [5, 5.41) is 9.59. The molecule has 0 saturated heterocycles. The van der Waals surface area contributed by atoms with Crippen LogP contribution in [0.25, 0.3) is 0 Å². The number of hydrogen-bond acceptors (Lipinski definition) is 3. The number of phenols is 1. The molecule has 0 unspecified atom stereocenters. The normalized spacial score (nSPS) is 9.41. The summed E-state index contributed by atoms with van der Waals surface area (Å²) < 4.78 is 4.17. The summed E-state index contributed by atoms with van der Waals surface area (Å²) in [5.74, 6) is 0.0549. The van der Waals surface area contributed by atoms with Crippen LogP contribution in [-0.4, -0.2) is 11.1 Å². The lowest BCUT2D eigenvalue weighted by Crippen LogP contribution is -1.94. The average molecular weight is 298 g/mol. The second kappa shape index (κ2) is 8.67. The van der Waals surface area contributed by atoms with Gasteiger partial charge in [-0.15, -0.1) is 0 Å². The van der Waals surface area contributed by atoms with Crippen LogP contribution in [0.2, 0.25) is 0 Å². The topological polar surface area (TPSA) is 46.5 Å². The highest BCUT2D eigenvalue weighted by atomic mass is 16.5. The second-order valence-corrected chi connectivity index (χ2v) is 4.93. The van der Waals surface area contributed by atoms with E-state index in [1.807, 2.05) is 19.1 Å². The van der Waals surface area contributed by atoms with Gasteiger partial charge in [0.2, 0.25) is 0 Å². The molecule has 2 aromatic carbocycles. The van der Waals surface area contributed by atoms with Gasteiger partial charge in [-0.25, -0.2) is 0 Å². The molecule has 3 heteroatoms. The van der Waals surface area contributed by atoms with Crippen LogP contribution in [0.15, 0.2) is 55.3 Å². The lowest BCUT2D eigenvalue weighted by atomic mass is 9.97. The minimum absolute atomic E-state index is 0.329. The van der Waals surface area contributed by atoms with Crippen molar-refractivity contribution in [2.75, 3.05) is 0 Å². The van der Waals surface area contributed by atoms with Crippen molar-refractivity contribution in [3.05, 3.63) is 77.6 Å². The third-order valence-electron chi connectivity index (χ3n) is 3.36. The summed E-state index contributed by atoms with van der Waals surface area (Å²) in [5.41, 5.74) is 4.74. The predicted octanol–water partition coefficient (Wildman–Crippen LogP) is 4.29. The number of rotatable bonds is 3. The van der Waals surface area contributed by atoms with E-state index >= 15 is 0 Å². The van der Waals surface area contributed by atoms with Crippen molar-refractivity contribution < 1.29 is 14.6 Å². The Balaban J connectivity index is 0.000000346.